The van der Waals surface area contributed by atoms with Crippen LogP contribution in [-0.4, -0.2) is 64.7 Å². The maximum atomic E-state index is 13.5. The van der Waals surface area contributed by atoms with E-state index in [1.54, 1.807) is 30.3 Å². The monoisotopic (exact) mass is 528 g/mol. The van der Waals surface area contributed by atoms with Crippen LogP contribution in [-0.2, 0) is 9.84 Å². The lowest BCUT2D eigenvalue weighted by molar-refractivity contribution is 0.357. The number of nitrogens with one attached hydrogen (secondary N) is 2. The first-order chi connectivity index (χ1) is 14.4. The highest BCUT2D eigenvalue weighted by atomic mass is 79.9. The number of fused-ring (bicyclic) bond motifs is 2. The van der Waals surface area contributed by atoms with E-state index >= 15 is 0 Å². The van der Waals surface area contributed by atoms with E-state index in [9.17, 15) is 8.42 Å². The smallest absolute Gasteiger partial charge is 0.209 e. The highest BCUT2D eigenvalue weighted by Crippen LogP contribution is 2.44. The average molecular weight is 530 g/mol. The first kappa shape index (κ1) is 22.0. The number of halogens is 2. The number of benzene rings is 2. The molecule has 2 heterocycles. The summed E-state index contributed by atoms with van der Waals surface area (Å²) in [5, 5.41) is 6.80. The van der Waals surface area contributed by atoms with Crippen molar-refractivity contribution in [2.45, 2.75) is 14.7 Å². The number of hydrogen-bond donors (Lipinski definition) is 2. The highest BCUT2D eigenvalue weighted by Gasteiger charge is 2.31. The number of piperazine rings is 1. The van der Waals surface area contributed by atoms with Crippen LogP contribution in [0.25, 0.3) is 0 Å². The number of aliphatic imine (C=N–C) groups is 1. The van der Waals surface area contributed by atoms with Crippen LogP contribution < -0.4 is 10.6 Å². The first-order valence-corrected chi connectivity index (χ1v) is 13.3. The summed E-state index contributed by atoms with van der Waals surface area (Å²) in [5.74, 6) is 1.55. The van der Waals surface area contributed by atoms with Crippen molar-refractivity contribution in [2.75, 3.05) is 50.8 Å². The van der Waals surface area contributed by atoms with Gasteiger partial charge < -0.3 is 15.5 Å². The van der Waals surface area contributed by atoms with Gasteiger partial charge in [0.1, 0.15) is 10.7 Å². The predicted octanol–water partition coefficient (Wildman–Crippen LogP) is 3.73. The summed E-state index contributed by atoms with van der Waals surface area (Å²) < 4.78 is 27.9. The zero-order valence-electron chi connectivity index (χ0n) is 16.4. The summed E-state index contributed by atoms with van der Waals surface area (Å²) in [6.45, 7) is 4.09. The van der Waals surface area contributed by atoms with Crippen LogP contribution in [0.3, 0.4) is 0 Å². The summed E-state index contributed by atoms with van der Waals surface area (Å²) >= 11 is 11.5. The SMILES string of the molecule is CNc1c2cc(Cl)c(S(=O)(=O)c3ccc(Br)cc3)c1SCC/N=C\2N1CCNCC1. The van der Waals surface area contributed by atoms with Crippen molar-refractivity contribution < 1.29 is 8.42 Å². The standard InChI is InChI=1S/C20H22BrClN4O2S2/c1-23-17-15-12-16(22)19(30(27,28)14-4-2-13(21)3-5-14)18(17)29-11-8-25-20(15)26-9-6-24-7-10-26/h2-5,12,23-24H,6-11H2,1H3/b25-20+. The molecule has 0 aromatic heterocycles. The molecule has 6 nitrogen and oxygen atoms in total. The third-order valence-electron chi connectivity index (χ3n) is 5.09. The molecule has 160 valence electrons. The molecule has 2 aliphatic heterocycles. The van der Waals surface area contributed by atoms with E-state index in [4.69, 9.17) is 16.6 Å². The van der Waals surface area contributed by atoms with Crippen LogP contribution >= 0.6 is 39.3 Å². The van der Waals surface area contributed by atoms with E-state index in [0.717, 1.165) is 47.7 Å². The van der Waals surface area contributed by atoms with Gasteiger partial charge in [-0.3, -0.25) is 4.99 Å². The Morgan fingerprint density at radius 1 is 1.23 bits per heavy atom. The van der Waals surface area contributed by atoms with Gasteiger partial charge in [0.15, 0.2) is 0 Å². The fourth-order valence-corrected chi connectivity index (χ4v) is 7.39. The molecule has 0 radical (unpaired) electrons. The Hall–Kier alpha value is -1.26. The molecule has 30 heavy (non-hydrogen) atoms. The number of thioether (sulfide) groups is 1. The second-order valence-corrected chi connectivity index (χ2v) is 11.3. The average Bonchev–Trinajstić information content (AvgIpc) is 2.73. The molecule has 4 rings (SSSR count). The van der Waals surface area contributed by atoms with Crippen molar-refractivity contribution in [3.63, 3.8) is 0 Å². The molecule has 2 N–H and O–H groups in total. The van der Waals surface area contributed by atoms with Gasteiger partial charge in [-0.2, -0.15) is 0 Å². The number of anilines is 1. The van der Waals surface area contributed by atoms with E-state index in [0.29, 0.717) is 17.2 Å². The van der Waals surface area contributed by atoms with E-state index in [1.165, 1.54) is 11.8 Å². The molecule has 0 spiro atoms. The Morgan fingerprint density at radius 2 is 1.93 bits per heavy atom. The maximum absolute atomic E-state index is 13.5. The minimum atomic E-state index is -3.79. The van der Waals surface area contributed by atoms with Gasteiger partial charge in [-0.25, -0.2) is 8.42 Å². The van der Waals surface area contributed by atoms with Crippen LogP contribution in [0.15, 0.2) is 54.5 Å². The third kappa shape index (κ3) is 4.10. The molecule has 1 saturated heterocycles. The van der Waals surface area contributed by atoms with Gasteiger partial charge in [-0.05, 0) is 30.3 Å². The van der Waals surface area contributed by atoms with Crippen molar-refractivity contribution in [3.8, 4) is 0 Å². The molecule has 0 saturated carbocycles. The van der Waals surface area contributed by atoms with Crippen LogP contribution in [0.5, 0.6) is 0 Å². The predicted molar refractivity (Wildman–Crippen MR) is 127 cm³/mol. The molecule has 2 aliphatic rings. The molecule has 10 heteroatoms. The van der Waals surface area contributed by atoms with Crippen LogP contribution in [0.2, 0.25) is 5.02 Å². The van der Waals surface area contributed by atoms with Gasteiger partial charge in [0, 0.05) is 49.0 Å². The third-order valence-corrected chi connectivity index (χ3v) is 9.10. The molecule has 1 fully saturated rings. The van der Waals surface area contributed by atoms with E-state index in [1.807, 2.05) is 7.05 Å². The zero-order chi connectivity index (χ0) is 21.3. The fourth-order valence-electron chi connectivity index (χ4n) is 3.68. The van der Waals surface area contributed by atoms with Crippen LogP contribution in [0, 0.1) is 0 Å². The highest BCUT2D eigenvalue weighted by molar-refractivity contribution is 9.10. The number of hydrogen-bond acceptors (Lipinski definition) is 7. The maximum Gasteiger partial charge on any atom is 0.209 e. The van der Waals surface area contributed by atoms with Crippen molar-refractivity contribution in [3.05, 3.63) is 45.4 Å². The van der Waals surface area contributed by atoms with E-state index in [2.05, 4.69) is 31.5 Å². The molecule has 2 aromatic carbocycles. The van der Waals surface area contributed by atoms with Gasteiger partial charge in [-0.15, -0.1) is 11.8 Å². The second kappa shape index (κ2) is 9.08. The Kier molecular flexibility index (Phi) is 6.64. The molecule has 2 bridgehead atoms. The zero-order valence-corrected chi connectivity index (χ0v) is 20.4. The Morgan fingerprint density at radius 3 is 2.60 bits per heavy atom. The first-order valence-electron chi connectivity index (χ1n) is 9.61. The summed E-state index contributed by atoms with van der Waals surface area (Å²) in [6.07, 6.45) is 0. The lowest BCUT2D eigenvalue weighted by atomic mass is 10.1. The molecular weight excluding hydrogens is 508 g/mol. The van der Waals surface area contributed by atoms with Gasteiger partial charge in [-0.1, -0.05) is 27.5 Å². The lowest BCUT2D eigenvalue weighted by Gasteiger charge is -2.33. The van der Waals surface area contributed by atoms with Crippen LogP contribution in [0.1, 0.15) is 5.56 Å². The Balaban J connectivity index is 1.90. The minimum Gasteiger partial charge on any atom is -0.387 e. The van der Waals surface area contributed by atoms with E-state index < -0.39 is 9.84 Å². The fraction of sp³-hybridized carbons (Fsp3) is 0.350. The van der Waals surface area contributed by atoms with Gasteiger partial charge in [0.25, 0.3) is 0 Å². The summed E-state index contributed by atoms with van der Waals surface area (Å²) in [4.78, 5) is 8.11. The largest absolute Gasteiger partial charge is 0.387 e. The Labute approximate surface area is 194 Å². The minimum absolute atomic E-state index is 0.158. The van der Waals surface area contributed by atoms with Gasteiger partial charge in [0.05, 0.1) is 27.0 Å². The number of nitrogens with zero attached hydrogens (tertiary/aromatic N) is 2. The molecule has 0 unspecified atom stereocenters. The summed E-state index contributed by atoms with van der Waals surface area (Å²) in [6, 6.07) is 8.38. The van der Waals surface area contributed by atoms with Gasteiger partial charge >= 0.3 is 0 Å². The molecule has 2 aromatic rings. The van der Waals surface area contributed by atoms with Crippen molar-refractivity contribution in [2.24, 2.45) is 4.99 Å². The van der Waals surface area contributed by atoms with Gasteiger partial charge in [0.2, 0.25) is 9.84 Å². The number of amidine groups is 1. The van der Waals surface area contributed by atoms with Crippen molar-refractivity contribution in [1.82, 2.24) is 10.2 Å². The Bertz CT molecular complexity index is 1080. The summed E-state index contributed by atoms with van der Waals surface area (Å²) in [5.41, 5.74) is 1.61. The normalized spacial score (nSPS) is 18.9. The van der Waals surface area contributed by atoms with Crippen molar-refractivity contribution >= 4 is 60.7 Å². The molecular formula is C20H22BrClN4O2S2. The summed E-state index contributed by atoms with van der Waals surface area (Å²) in [7, 11) is -1.98. The molecule has 0 aliphatic carbocycles. The lowest BCUT2D eigenvalue weighted by Crippen LogP contribution is -2.47. The molecule has 0 amide bonds. The van der Waals surface area contributed by atoms with Crippen molar-refractivity contribution in [1.29, 1.82) is 0 Å². The number of sulfone groups is 1. The second-order valence-electron chi connectivity index (χ2n) is 6.94. The van der Waals surface area contributed by atoms with Crippen LogP contribution in [0.4, 0.5) is 5.69 Å². The molecule has 0 atom stereocenters. The quantitative estimate of drug-likeness (QED) is 0.631. The number of rotatable bonds is 3. The topological polar surface area (TPSA) is 73.8 Å². The van der Waals surface area contributed by atoms with E-state index in [-0.39, 0.29) is 14.8 Å².